The zero-order valence-electron chi connectivity index (χ0n) is 9.82. The average Bonchev–Trinajstić information content (AvgIpc) is 3.10. The lowest BCUT2D eigenvalue weighted by atomic mass is 10.1. The largest absolute Gasteiger partial charge is 0.477 e. The standard InChI is InChI=1S/C13H10N4O2/c18-13(19)11-8-10(15-16-11)9-4-1-2-5-12(9)17-7-3-6-14-17/h1-8H,(H,15,16)(H,18,19). The Kier molecular flexibility index (Phi) is 2.60. The average molecular weight is 254 g/mol. The number of carbonyl (C=O) groups is 1. The summed E-state index contributed by atoms with van der Waals surface area (Å²) in [6.45, 7) is 0. The minimum absolute atomic E-state index is 0.0604. The highest BCUT2D eigenvalue weighted by Crippen LogP contribution is 2.24. The fraction of sp³-hybridized carbons (Fsp3) is 0. The van der Waals surface area contributed by atoms with Crippen LogP contribution in [0.15, 0.2) is 48.8 Å². The molecule has 0 amide bonds. The minimum Gasteiger partial charge on any atom is -0.477 e. The molecule has 0 radical (unpaired) electrons. The van der Waals surface area contributed by atoms with Gasteiger partial charge >= 0.3 is 5.97 Å². The summed E-state index contributed by atoms with van der Waals surface area (Å²) in [4.78, 5) is 10.9. The van der Waals surface area contributed by atoms with Crippen LogP contribution in [0.3, 0.4) is 0 Å². The number of aromatic amines is 1. The molecule has 2 N–H and O–H groups in total. The van der Waals surface area contributed by atoms with Crippen LogP contribution in [-0.4, -0.2) is 31.1 Å². The zero-order valence-corrected chi connectivity index (χ0v) is 9.82. The van der Waals surface area contributed by atoms with E-state index in [1.165, 1.54) is 6.07 Å². The highest BCUT2D eigenvalue weighted by atomic mass is 16.4. The first-order valence-corrected chi connectivity index (χ1v) is 5.64. The van der Waals surface area contributed by atoms with E-state index in [-0.39, 0.29) is 5.69 Å². The molecule has 6 heteroatoms. The van der Waals surface area contributed by atoms with Crippen LogP contribution in [-0.2, 0) is 0 Å². The van der Waals surface area contributed by atoms with Gasteiger partial charge in [-0.15, -0.1) is 0 Å². The number of hydrogen-bond acceptors (Lipinski definition) is 3. The fourth-order valence-corrected chi connectivity index (χ4v) is 1.87. The van der Waals surface area contributed by atoms with Gasteiger partial charge in [-0.25, -0.2) is 9.48 Å². The van der Waals surface area contributed by atoms with Crippen molar-refractivity contribution in [2.45, 2.75) is 0 Å². The van der Waals surface area contributed by atoms with Crippen molar-refractivity contribution in [2.24, 2.45) is 0 Å². The molecule has 0 aliphatic heterocycles. The van der Waals surface area contributed by atoms with Crippen LogP contribution in [0.4, 0.5) is 0 Å². The van der Waals surface area contributed by atoms with E-state index in [1.807, 2.05) is 36.5 Å². The van der Waals surface area contributed by atoms with Crippen molar-refractivity contribution in [1.29, 1.82) is 0 Å². The summed E-state index contributed by atoms with van der Waals surface area (Å²) < 4.78 is 1.71. The van der Waals surface area contributed by atoms with E-state index in [1.54, 1.807) is 10.9 Å². The molecule has 3 aromatic rings. The van der Waals surface area contributed by atoms with Crippen LogP contribution < -0.4 is 0 Å². The number of carboxylic acids is 1. The van der Waals surface area contributed by atoms with Gasteiger partial charge in [0.2, 0.25) is 0 Å². The zero-order chi connectivity index (χ0) is 13.2. The number of aromatic nitrogens is 4. The third-order valence-electron chi connectivity index (χ3n) is 2.74. The lowest BCUT2D eigenvalue weighted by Gasteiger charge is -2.06. The van der Waals surface area contributed by atoms with E-state index in [2.05, 4.69) is 15.3 Å². The molecular weight excluding hydrogens is 244 g/mol. The number of aromatic carboxylic acids is 1. The molecule has 6 nitrogen and oxygen atoms in total. The SMILES string of the molecule is O=C(O)c1cc(-c2ccccc2-n2cccn2)n[nH]1. The Morgan fingerprint density at radius 2 is 2.11 bits per heavy atom. The van der Waals surface area contributed by atoms with Gasteiger partial charge in [-0.05, 0) is 18.2 Å². The van der Waals surface area contributed by atoms with Gasteiger partial charge in [0.1, 0.15) is 5.69 Å². The molecule has 1 aromatic carbocycles. The number of benzene rings is 1. The maximum absolute atomic E-state index is 10.9. The molecule has 0 saturated carbocycles. The molecule has 0 fully saturated rings. The second-order valence-electron chi connectivity index (χ2n) is 3.94. The van der Waals surface area contributed by atoms with Crippen LogP contribution in [0.5, 0.6) is 0 Å². The monoisotopic (exact) mass is 254 g/mol. The molecule has 0 bridgehead atoms. The van der Waals surface area contributed by atoms with Crippen LogP contribution in [0, 0.1) is 0 Å². The van der Waals surface area contributed by atoms with Gasteiger partial charge in [-0.2, -0.15) is 10.2 Å². The van der Waals surface area contributed by atoms with Gasteiger partial charge in [0.15, 0.2) is 0 Å². The smallest absolute Gasteiger partial charge is 0.353 e. The van der Waals surface area contributed by atoms with Gasteiger partial charge < -0.3 is 5.11 Å². The van der Waals surface area contributed by atoms with Crippen molar-refractivity contribution < 1.29 is 9.90 Å². The van der Waals surface area contributed by atoms with Gasteiger partial charge in [0.05, 0.1) is 11.4 Å². The van der Waals surface area contributed by atoms with Gasteiger partial charge in [0.25, 0.3) is 0 Å². The lowest BCUT2D eigenvalue weighted by molar-refractivity contribution is 0.0690. The van der Waals surface area contributed by atoms with E-state index >= 15 is 0 Å². The third kappa shape index (κ3) is 1.99. The topological polar surface area (TPSA) is 83.8 Å². The van der Waals surface area contributed by atoms with E-state index in [0.29, 0.717) is 5.69 Å². The van der Waals surface area contributed by atoms with E-state index in [9.17, 15) is 4.79 Å². The molecule has 2 heterocycles. The number of nitrogens with one attached hydrogen (secondary N) is 1. The Balaban J connectivity index is 2.12. The van der Waals surface area contributed by atoms with Crippen molar-refractivity contribution in [2.75, 3.05) is 0 Å². The maximum atomic E-state index is 10.9. The molecule has 0 atom stereocenters. The van der Waals surface area contributed by atoms with E-state index < -0.39 is 5.97 Å². The molecule has 3 rings (SSSR count). The first kappa shape index (κ1) is 11.2. The summed E-state index contributed by atoms with van der Waals surface area (Å²) in [7, 11) is 0. The Labute approximate surface area is 108 Å². The van der Waals surface area contributed by atoms with E-state index in [0.717, 1.165) is 11.3 Å². The van der Waals surface area contributed by atoms with E-state index in [4.69, 9.17) is 5.11 Å². The van der Waals surface area contributed by atoms with Crippen LogP contribution >= 0.6 is 0 Å². The molecule has 0 aliphatic rings. The predicted molar refractivity (Wildman–Crippen MR) is 68.1 cm³/mol. The lowest BCUT2D eigenvalue weighted by Crippen LogP contribution is -1.97. The Bertz CT molecular complexity index is 716. The molecule has 0 saturated heterocycles. The first-order valence-electron chi connectivity index (χ1n) is 5.64. The van der Waals surface area contributed by atoms with Crippen molar-refractivity contribution in [3.63, 3.8) is 0 Å². The Hall–Kier alpha value is -2.89. The van der Waals surface area contributed by atoms with Crippen LogP contribution in [0.25, 0.3) is 16.9 Å². The number of nitrogens with zero attached hydrogens (tertiary/aromatic N) is 3. The quantitative estimate of drug-likeness (QED) is 0.748. The van der Waals surface area contributed by atoms with Gasteiger partial charge in [0, 0.05) is 18.0 Å². The number of para-hydroxylation sites is 1. The summed E-state index contributed by atoms with van der Waals surface area (Å²) in [6, 6.07) is 10.9. The predicted octanol–water partition coefficient (Wildman–Crippen LogP) is 1.96. The summed E-state index contributed by atoms with van der Waals surface area (Å²) in [5.74, 6) is -1.03. The molecule has 0 unspecified atom stereocenters. The summed E-state index contributed by atoms with van der Waals surface area (Å²) in [5, 5.41) is 19.6. The summed E-state index contributed by atoms with van der Waals surface area (Å²) >= 11 is 0. The molecular formula is C13H10N4O2. The first-order chi connectivity index (χ1) is 9.25. The number of hydrogen-bond donors (Lipinski definition) is 2. The van der Waals surface area contributed by atoms with Crippen molar-refractivity contribution in [3.05, 3.63) is 54.5 Å². The third-order valence-corrected chi connectivity index (χ3v) is 2.74. The highest BCUT2D eigenvalue weighted by molar-refractivity contribution is 5.87. The Morgan fingerprint density at radius 1 is 1.26 bits per heavy atom. The minimum atomic E-state index is -1.03. The molecule has 94 valence electrons. The summed E-state index contributed by atoms with van der Waals surface area (Å²) in [5.41, 5.74) is 2.29. The Morgan fingerprint density at radius 3 is 2.79 bits per heavy atom. The van der Waals surface area contributed by atoms with Crippen molar-refractivity contribution in [1.82, 2.24) is 20.0 Å². The fourth-order valence-electron chi connectivity index (χ4n) is 1.87. The molecule has 19 heavy (non-hydrogen) atoms. The van der Waals surface area contributed by atoms with Crippen molar-refractivity contribution >= 4 is 5.97 Å². The summed E-state index contributed by atoms with van der Waals surface area (Å²) in [6.07, 6.45) is 3.51. The normalized spacial score (nSPS) is 10.5. The number of H-pyrrole nitrogens is 1. The van der Waals surface area contributed by atoms with Crippen LogP contribution in [0.1, 0.15) is 10.5 Å². The molecule has 0 spiro atoms. The molecule has 2 aromatic heterocycles. The van der Waals surface area contributed by atoms with Crippen molar-refractivity contribution in [3.8, 4) is 16.9 Å². The highest BCUT2D eigenvalue weighted by Gasteiger charge is 2.12. The van der Waals surface area contributed by atoms with Crippen LogP contribution in [0.2, 0.25) is 0 Å². The van der Waals surface area contributed by atoms with Gasteiger partial charge in [-0.3, -0.25) is 5.10 Å². The molecule has 0 aliphatic carbocycles. The second-order valence-corrected chi connectivity index (χ2v) is 3.94. The maximum Gasteiger partial charge on any atom is 0.353 e. The number of rotatable bonds is 3. The second kappa shape index (κ2) is 4.41. The van der Waals surface area contributed by atoms with Gasteiger partial charge in [-0.1, -0.05) is 18.2 Å². The number of carboxylic acid groups (broad SMARTS) is 1.